The van der Waals surface area contributed by atoms with Gasteiger partial charge >= 0.3 is 0 Å². The summed E-state index contributed by atoms with van der Waals surface area (Å²) in [7, 11) is 0. The summed E-state index contributed by atoms with van der Waals surface area (Å²) in [5.74, 6) is 0. The van der Waals surface area contributed by atoms with E-state index in [4.69, 9.17) is 0 Å². The molecule has 0 saturated carbocycles. The van der Waals surface area contributed by atoms with Crippen molar-refractivity contribution in [3.8, 4) is 0 Å². The van der Waals surface area contributed by atoms with Crippen LogP contribution in [0, 0.1) is 0 Å². The minimum Gasteiger partial charge on any atom is -0.385 e. The summed E-state index contributed by atoms with van der Waals surface area (Å²) in [5.41, 5.74) is -0.250. The van der Waals surface area contributed by atoms with Crippen molar-refractivity contribution >= 4 is 6.29 Å². The highest BCUT2D eigenvalue weighted by atomic mass is 16.3. The molecule has 0 aliphatic rings. The Morgan fingerprint density at radius 3 is 2.50 bits per heavy atom. The number of hydrogen-bond acceptors (Lipinski definition) is 2. The molecule has 0 aliphatic heterocycles. The van der Waals surface area contributed by atoms with E-state index in [9.17, 15) is 9.90 Å². The molecule has 0 spiro atoms. The first-order valence-electron chi connectivity index (χ1n) is 3.88. The van der Waals surface area contributed by atoms with Gasteiger partial charge in [-0.3, -0.25) is 0 Å². The molecule has 12 heavy (non-hydrogen) atoms. The van der Waals surface area contributed by atoms with E-state index in [0.717, 1.165) is 11.8 Å². The Balaban J connectivity index is 2.89. The second-order valence-electron chi connectivity index (χ2n) is 3.01. The van der Waals surface area contributed by atoms with Crippen molar-refractivity contribution in [2.45, 2.75) is 18.9 Å². The molecular formula is C10H12O2. The molecule has 0 amide bonds. The largest absolute Gasteiger partial charge is 0.385 e. The van der Waals surface area contributed by atoms with Crippen LogP contribution in [0.5, 0.6) is 0 Å². The third-order valence-corrected chi connectivity index (χ3v) is 1.88. The molecule has 2 heteroatoms. The monoisotopic (exact) mass is 164 g/mol. The Morgan fingerprint density at radius 2 is 2.00 bits per heavy atom. The number of hydrogen-bond donors (Lipinski definition) is 1. The molecule has 0 saturated heterocycles. The normalized spacial score (nSPS) is 15.2. The zero-order chi connectivity index (χ0) is 9.03. The number of benzene rings is 1. The zero-order valence-corrected chi connectivity index (χ0v) is 7.03. The molecule has 2 nitrogen and oxygen atoms in total. The fourth-order valence-electron chi connectivity index (χ4n) is 1.08. The molecule has 1 aromatic carbocycles. The van der Waals surface area contributed by atoms with Crippen LogP contribution < -0.4 is 0 Å². The standard InChI is InChI=1S/C10H12O2/c1-10(12,7-8-11)9-5-3-2-4-6-9/h2-6,8,12H,7H2,1H3/t10-/m1/s1. The maximum atomic E-state index is 10.2. The second-order valence-corrected chi connectivity index (χ2v) is 3.01. The molecule has 0 fully saturated rings. The molecule has 1 aromatic rings. The minimum atomic E-state index is -1.02. The van der Waals surface area contributed by atoms with Gasteiger partial charge in [-0.05, 0) is 12.5 Å². The summed E-state index contributed by atoms with van der Waals surface area (Å²) in [6.07, 6.45) is 0.865. The van der Waals surface area contributed by atoms with Gasteiger partial charge < -0.3 is 9.90 Å². The Hall–Kier alpha value is -1.15. The van der Waals surface area contributed by atoms with Crippen LogP contribution in [0.15, 0.2) is 30.3 Å². The number of carbonyl (C=O) groups excluding carboxylic acids is 1. The van der Waals surface area contributed by atoms with Crippen LogP contribution in [0.3, 0.4) is 0 Å². The summed E-state index contributed by atoms with van der Waals surface area (Å²) >= 11 is 0. The molecule has 0 unspecified atom stereocenters. The zero-order valence-electron chi connectivity index (χ0n) is 7.03. The van der Waals surface area contributed by atoms with Crippen molar-refractivity contribution in [2.75, 3.05) is 0 Å². The van der Waals surface area contributed by atoms with Crippen molar-refractivity contribution in [1.29, 1.82) is 0 Å². The fourth-order valence-corrected chi connectivity index (χ4v) is 1.08. The first kappa shape index (κ1) is 8.94. The van der Waals surface area contributed by atoms with Crippen LogP contribution >= 0.6 is 0 Å². The lowest BCUT2D eigenvalue weighted by Crippen LogP contribution is -2.21. The SMILES string of the molecule is C[C@@](O)(CC=O)c1ccccc1. The lowest BCUT2D eigenvalue weighted by molar-refractivity contribution is -0.112. The average molecular weight is 164 g/mol. The van der Waals surface area contributed by atoms with Gasteiger partial charge in [-0.1, -0.05) is 30.3 Å². The van der Waals surface area contributed by atoms with Crippen LogP contribution in [0.1, 0.15) is 18.9 Å². The van der Waals surface area contributed by atoms with E-state index in [2.05, 4.69) is 0 Å². The highest BCUT2D eigenvalue weighted by Crippen LogP contribution is 2.22. The maximum Gasteiger partial charge on any atom is 0.123 e. The third kappa shape index (κ3) is 1.92. The van der Waals surface area contributed by atoms with Gasteiger partial charge in [0.2, 0.25) is 0 Å². The number of rotatable bonds is 3. The predicted octanol–water partition coefficient (Wildman–Crippen LogP) is 1.48. The number of aliphatic hydroxyl groups is 1. The molecular weight excluding hydrogens is 152 g/mol. The summed E-state index contributed by atoms with van der Waals surface area (Å²) in [6, 6.07) is 9.18. The number of carbonyl (C=O) groups is 1. The highest BCUT2D eigenvalue weighted by molar-refractivity contribution is 5.52. The molecule has 0 heterocycles. The molecule has 0 radical (unpaired) electrons. The van der Waals surface area contributed by atoms with Gasteiger partial charge in [0.05, 0.1) is 5.60 Å². The number of aldehydes is 1. The van der Waals surface area contributed by atoms with Gasteiger partial charge in [0.25, 0.3) is 0 Å². The van der Waals surface area contributed by atoms with Crippen molar-refractivity contribution in [3.05, 3.63) is 35.9 Å². The first-order valence-corrected chi connectivity index (χ1v) is 3.88. The smallest absolute Gasteiger partial charge is 0.123 e. The lowest BCUT2D eigenvalue weighted by atomic mass is 9.93. The van der Waals surface area contributed by atoms with Crippen molar-refractivity contribution in [1.82, 2.24) is 0 Å². The minimum absolute atomic E-state index is 0.136. The quantitative estimate of drug-likeness (QED) is 0.687. The van der Waals surface area contributed by atoms with Gasteiger partial charge in [0, 0.05) is 6.42 Å². The van der Waals surface area contributed by atoms with Gasteiger partial charge in [-0.2, -0.15) is 0 Å². The lowest BCUT2D eigenvalue weighted by Gasteiger charge is -2.20. The van der Waals surface area contributed by atoms with Crippen LogP contribution in [-0.4, -0.2) is 11.4 Å². The Bertz CT molecular complexity index is 252. The van der Waals surface area contributed by atoms with Crippen LogP contribution in [0.25, 0.3) is 0 Å². The molecule has 1 N–H and O–H groups in total. The van der Waals surface area contributed by atoms with E-state index >= 15 is 0 Å². The Kier molecular flexibility index (Phi) is 2.61. The summed E-state index contributed by atoms with van der Waals surface area (Å²) in [5, 5.41) is 9.75. The van der Waals surface area contributed by atoms with E-state index in [1.165, 1.54) is 0 Å². The second kappa shape index (κ2) is 3.50. The summed E-state index contributed by atoms with van der Waals surface area (Å²) in [6.45, 7) is 1.64. The highest BCUT2D eigenvalue weighted by Gasteiger charge is 2.21. The van der Waals surface area contributed by atoms with E-state index < -0.39 is 5.60 Å². The molecule has 0 aromatic heterocycles. The van der Waals surface area contributed by atoms with Gasteiger partial charge in [0.1, 0.15) is 6.29 Å². The Morgan fingerprint density at radius 1 is 1.42 bits per heavy atom. The maximum absolute atomic E-state index is 10.2. The molecule has 0 bridgehead atoms. The van der Waals surface area contributed by atoms with Gasteiger partial charge in [-0.15, -0.1) is 0 Å². The van der Waals surface area contributed by atoms with Crippen LogP contribution in [0.4, 0.5) is 0 Å². The summed E-state index contributed by atoms with van der Waals surface area (Å²) in [4.78, 5) is 10.2. The first-order chi connectivity index (χ1) is 5.67. The molecule has 1 rings (SSSR count). The molecule has 1 atom stereocenters. The molecule has 0 aliphatic carbocycles. The predicted molar refractivity (Wildman–Crippen MR) is 46.7 cm³/mol. The van der Waals surface area contributed by atoms with E-state index in [-0.39, 0.29) is 6.42 Å². The van der Waals surface area contributed by atoms with E-state index in [1.807, 2.05) is 30.3 Å². The van der Waals surface area contributed by atoms with E-state index in [1.54, 1.807) is 6.92 Å². The third-order valence-electron chi connectivity index (χ3n) is 1.88. The van der Waals surface area contributed by atoms with Crippen molar-refractivity contribution < 1.29 is 9.90 Å². The average Bonchev–Trinajstić information content (AvgIpc) is 2.06. The van der Waals surface area contributed by atoms with Crippen molar-refractivity contribution in [2.24, 2.45) is 0 Å². The van der Waals surface area contributed by atoms with E-state index in [0.29, 0.717) is 0 Å². The van der Waals surface area contributed by atoms with Gasteiger partial charge in [-0.25, -0.2) is 0 Å². The topological polar surface area (TPSA) is 37.3 Å². The van der Waals surface area contributed by atoms with Crippen LogP contribution in [-0.2, 0) is 10.4 Å². The Labute approximate surface area is 71.8 Å². The molecule has 64 valence electrons. The van der Waals surface area contributed by atoms with Gasteiger partial charge in [0.15, 0.2) is 0 Å². The van der Waals surface area contributed by atoms with Crippen LogP contribution in [0.2, 0.25) is 0 Å². The van der Waals surface area contributed by atoms with Crippen molar-refractivity contribution in [3.63, 3.8) is 0 Å². The fraction of sp³-hybridized carbons (Fsp3) is 0.300. The summed E-state index contributed by atoms with van der Waals surface area (Å²) < 4.78 is 0.